The molecule has 1 saturated carbocycles. The molecule has 3 heteroatoms. The number of carboxylic acids is 1. The third kappa shape index (κ3) is 2.52. The van der Waals surface area contributed by atoms with Crippen molar-refractivity contribution in [1.29, 1.82) is 0 Å². The highest BCUT2D eigenvalue weighted by atomic mass is 16.4. The first kappa shape index (κ1) is 14.1. The van der Waals surface area contributed by atoms with Crippen LogP contribution in [0, 0.1) is 5.41 Å². The maximum absolute atomic E-state index is 11.6. The van der Waals surface area contributed by atoms with Gasteiger partial charge in [0, 0.05) is 6.04 Å². The third-order valence-electron chi connectivity index (χ3n) is 4.36. The highest BCUT2D eigenvalue weighted by molar-refractivity contribution is 5.77. The van der Waals surface area contributed by atoms with E-state index in [4.69, 9.17) is 0 Å². The molecule has 1 aliphatic rings. The van der Waals surface area contributed by atoms with E-state index in [9.17, 15) is 9.90 Å². The molecule has 2 rings (SSSR count). The summed E-state index contributed by atoms with van der Waals surface area (Å²) < 4.78 is 0. The quantitative estimate of drug-likeness (QED) is 0.827. The van der Waals surface area contributed by atoms with E-state index in [1.165, 1.54) is 5.56 Å². The molecule has 1 aromatic carbocycles. The molecule has 0 aliphatic heterocycles. The number of benzene rings is 1. The smallest absolute Gasteiger partial charge is 0.311 e. The van der Waals surface area contributed by atoms with Crippen molar-refractivity contribution in [2.75, 3.05) is 7.05 Å². The van der Waals surface area contributed by atoms with E-state index < -0.39 is 11.4 Å². The largest absolute Gasteiger partial charge is 0.481 e. The number of aryl methyl sites for hydroxylation is 1. The van der Waals surface area contributed by atoms with Crippen molar-refractivity contribution in [3.05, 3.63) is 35.4 Å². The Morgan fingerprint density at radius 1 is 1.37 bits per heavy atom. The minimum Gasteiger partial charge on any atom is -0.481 e. The molecular weight excluding hydrogens is 238 g/mol. The summed E-state index contributed by atoms with van der Waals surface area (Å²) in [4.78, 5) is 11.6. The molecule has 0 aromatic heterocycles. The standard InChI is InChI=1S/C16H23NO2/c1-3-5-12-6-8-13(9-7-12)14(17-2)16(15(18)19)10-4-11-16/h6-9,14,17H,3-5,10-11H2,1-2H3,(H,18,19). The first-order valence-corrected chi connectivity index (χ1v) is 7.13. The number of nitrogens with one attached hydrogen (secondary N) is 1. The average Bonchev–Trinajstić information content (AvgIpc) is 2.34. The molecule has 3 nitrogen and oxygen atoms in total. The van der Waals surface area contributed by atoms with Crippen LogP contribution >= 0.6 is 0 Å². The Kier molecular flexibility index (Phi) is 4.25. The van der Waals surface area contributed by atoms with Gasteiger partial charge in [-0.15, -0.1) is 0 Å². The van der Waals surface area contributed by atoms with Crippen molar-refractivity contribution in [3.8, 4) is 0 Å². The lowest BCUT2D eigenvalue weighted by Gasteiger charge is -2.44. The van der Waals surface area contributed by atoms with Crippen LogP contribution in [-0.2, 0) is 11.2 Å². The van der Waals surface area contributed by atoms with E-state index in [0.717, 1.165) is 37.7 Å². The molecule has 1 atom stereocenters. The monoisotopic (exact) mass is 261 g/mol. The molecule has 0 heterocycles. The van der Waals surface area contributed by atoms with Gasteiger partial charge in [0.05, 0.1) is 5.41 Å². The first-order valence-electron chi connectivity index (χ1n) is 7.13. The highest BCUT2D eigenvalue weighted by Crippen LogP contribution is 2.50. The van der Waals surface area contributed by atoms with Gasteiger partial charge in [0.25, 0.3) is 0 Å². The van der Waals surface area contributed by atoms with Crippen molar-refractivity contribution >= 4 is 5.97 Å². The van der Waals surface area contributed by atoms with Gasteiger partial charge in [0.1, 0.15) is 0 Å². The number of carbonyl (C=O) groups is 1. The molecule has 104 valence electrons. The second-order valence-corrected chi connectivity index (χ2v) is 5.53. The van der Waals surface area contributed by atoms with Crippen molar-refractivity contribution in [3.63, 3.8) is 0 Å². The van der Waals surface area contributed by atoms with Gasteiger partial charge in [-0.05, 0) is 37.4 Å². The number of aliphatic carboxylic acids is 1. The van der Waals surface area contributed by atoms with Crippen LogP contribution in [0.1, 0.15) is 49.8 Å². The van der Waals surface area contributed by atoms with E-state index in [1.807, 2.05) is 7.05 Å². The molecule has 19 heavy (non-hydrogen) atoms. The summed E-state index contributed by atoms with van der Waals surface area (Å²) in [5.41, 5.74) is 1.80. The Hall–Kier alpha value is -1.35. The number of hydrogen-bond acceptors (Lipinski definition) is 2. The van der Waals surface area contributed by atoms with Crippen LogP contribution in [0.3, 0.4) is 0 Å². The van der Waals surface area contributed by atoms with Crippen LogP contribution < -0.4 is 5.32 Å². The fourth-order valence-electron chi connectivity index (χ4n) is 3.11. The molecule has 1 aromatic rings. The summed E-state index contributed by atoms with van der Waals surface area (Å²) in [7, 11) is 1.85. The SMILES string of the molecule is CCCc1ccc(C(NC)C2(C(=O)O)CCC2)cc1. The summed E-state index contributed by atoms with van der Waals surface area (Å²) in [6, 6.07) is 8.31. The zero-order valence-corrected chi connectivity index (χ0v) is 11.8. The Morgan fingerprint density at radius 2 is 2.00 bits per heavy atom. The fraction of sp³-hybridized carbons (Fsp3) is 0.562. The molecule has 1 fully saturated rings. The molecule has 0 amide bonds. The van der Waals surface area contributed by atoms with Gasteiger partial charge in [0.15, 0.2) is 0 Å². The molecule has 2 N–H and O–H groups in total. The van der Waals surface area contributed by atoms with Crippen LogP contribution in [0.25, 0.3) is 0 Å². The zero-order chi connectivity index (χ0) is 13.9. The fourth-order valence-corrected chi connectivity index (χ4v) is 3.11. The minimum atomic E-state index is -0.671. The van der Waals surface area contributed by atoms with Crippen LogP contribution in [0.4, 0.5) is 0 Å². The van der Waals surface area contributed by atoms with E-state index in [1.54, 1.807) is 0 Å². The molecule has 0 saturated heterocycles. The van der Waals surface area contributed by atoms with E-state index in [-0.39, 0.29) is 6.04 Å². The van der Waals surface area contributed by atoms with Gasteiger partial charge in [0.2, 0.25) is 0 Å². The maximum atomic E-state index is 11.6. The summed E-state index contributed by atoms with van der Waals surface area (Å²) in [6.45, 7) is 2.16. The van der Waals surface area contributed by atoms with E-state index >= 15 is 0 Å². The number of carboxylic acid groups (broad SMARTS) is 1. The first-order chi connectivity index (χ1) is 9.14. The molecule has 0 radical (unpaired) electrons. The summed E-state index contributed by atoms with van der Waals surface area (Å²) in [6.07, 6.45) is 4.76. The zero-order valence-electron chi connectivity index (χ0n) is 11.8. The van der Waals surface area contributed by atoms with Crippen molar-refractivity contribution in [2.45, 2.75) is 45.1 Å². The van der Waals surface area contributed by atoms with Crippen LogP contribution in [0.15, 0.2) is 24.3 Å². The molecule has 1 aliphatic carbocycles. The van der Waals surface area contributed by atoms with Gasteiger partial charge in [-0.25, -0.2) is 0 Å². The minimum absolute atomic E-state index is 0.0885. The Balaban J connectivity index is 2.24. The predicted octanol–water partition coefficient (Wildman–Crippen LogP) is 3.15. The van der Waals surface area contributed by atoms with Crippen LogP contribution in [0.2, 0.25) is 0 Å². The summed E-state index contributed by atoms with van der Waals surface area (Å²) in [5.74, 6) is -0.671. The van der Waals surface area contributed by atoms with Gasteiger partial charge in [-0.1, -0.05) is 44.0 Å². The molecule has 1 unspecified atom stereocenters. The van der Waals surface area contributed by atoms with Crippen LogP contribution in [-0.4, -0.2) is 18.1 Å². The second kappa shape index (κ2) is 5.74. The third-order valence-corrected chi connectivity index (χ3v) is 4.36. The highest BCUT2D eigenvalue weighted by Gasteiger charge is 2.50. The predicted molar refractivity (Wildman–Crippen MR) is 76.2 cm³/mol. The lowest BCUT2D eigenvalue weighted by atomic mass is 9.62. The average molecular weight is 261 g/mol. The molecular formula is C16H23NO2. The van der Waals surface area contributed by atoms with Gasteiger partial charge < -0.3 is 10.4 Å². The lowest BCUT2D eigenvalue weighted by Crippen LogP contribution is -2.47. The topological polar surface area (TPSA) is 49.3 Å². The van der Waals surface area contributed by atoms with Crippen LogP contribution in [0.5, 0.6) is 0 Å². The maximum Gasteiger partial charge on any atom is 0.311 e. The van der Waals surface area contributed by atoms with Crippen molar-refractivity contribution in [2.24, 2.45) is 5.41 Å². The number of rotatable bonds is 6. The van der Waals surface area contributed by atoms with Crippen molar-refractivity contribution in [1.82, 2.24) is 5.32 Å². The molecule has 0 bridgehead atoms. The second-order valence-electron chi connectivity index (χ2n) is 5.53. The Labute approximate surface area is 115 Å². The lowest BCUT2D eigenvalue weighted by molar-refractivity contribution is -0.157. The Bertz CT molecular complexity index is 435. The normalized spacial score (nSPS) is 18.6. The van der Waals surface area contributed by atoms with Crippen molar-refractivity contribution < 1.29 is 9.90 Å². The molecule has 0 spiro atoms. The van der Waals surface area contributed by atoms with E-state index in [0.29, 0.717) is 0 Å². The van der Waals surface area contributed by atoms with Gasteiger partial charge >= 0.3 is 5.97 Å². The number of hydrogen-bond donors (Lipinski definition) is 2. The van der Waals surface area contributed by atoms with Gasteiger partial charge in [-0.3, -0.25) is 4.79 Å². The van der Waals surface area contributed by atoms with E-state index in [2.05, 4.69) is 36.5 Å². The summed E-state index contributed by atoms with van der Waals surface area (Å²) >= 11 is 0. The van der Waals surface area contributed by atoms with Gasteiger partial charge in [-0.2, -0.15) is 0 Å². The Morgan fingerprint density at radius 3 is 2.37 bits per heavy atom. The summed E-state index contributed by atoms with van der Waals surface area (Å²) in [5, 5.41) is 12.8.